The third-order valence-electron chi connectivity index (χ3n) is 5.94. The van der Waals surface area contributed by atoms with E-state index in [9.17, 15) is 4.79 Å². The fourth-order valence-electron chi connectivity index (χ4n) is 4.21. The van der Waals surface area contributed by atoms with Crippen LogP contribution in [0.5, 0.6) is 0 Å². The van der Waals surface area contributed by atoms with E-state index in [1.165, 1.54) is 18.1 Å². The molecule has 0 amide bonds. The van der Waals surface area contributed by atoms with Crippen molar-refractivity contribution < 1.29 is 0 Å². The number of benzene rings is 2. The van der Waals surface area contributed by atoms with Crippen LogP contribution in [0, 0.1) is 6.92 Å². The lowest BCUT2D eigenvalue weighted by Gasteiger charge is -2.18. The normalized spacial score (nSPS) is 11.6. The van der Waals surface area contributed by atoms with Crippen molar-refractivity contribution in [3.63, 3.8) is 0 Å². The van der Waals surface area contributed by atoms with Crippen molar-refractivity contribution >= 4 is 39.5 Å². The van der Waals surface area contributed by atoms with Gasteiger partial charge in [0.15, 0.2) is 5.65 Å². The molecule has 0 aliphatic heterocycles. The first-order valence-corrected chi connectivity index (χ1v) is 12.8. The first kappa shape index (κ1) is 24.0. The van der Waals surface area contributed by atoms with Crippen LogP contribution in [0.1, 0.15) is 17.8 Å². The van der Waals surface area contributed by atoms with Gasteiger partial charge in [0.05, 0.1) is 34.4 Å². The second-order valence-electron chi connectivity index (χ2n) is 8.81. The van der Waals surface area contributed by atoms with Crippen molar-refractivity contribution in [2.75, 3.05) is 32.5 Å². The fraction of sp³-hybridized carbons (Fsp3) is 0.269. The average Bonchev–Trinajstić information content (AvgIpc) is 3.35. The van der Waals surface area contributed by atoms with Gasteiger partial charge in [0.1, 0.15) is 22.7 Å². The Hall–Kier alpha value is -3.76. The number of aromatic amines is 1. The van der Waals surface area contributed by atoms with Gasteiger partial charge in [-0.3, -0.25) is 9.36 Å². The van der Waals surface area contributed by atoms with Crippen molar-refractivity contribution in [3.05, 3.63) is 76.9 Å². The molecule has 2 aromatic carbocycles. The molecule has 0 aliphatic rings. The van der Waals surface area contributed by atoms with Crippen LogP contribution in [0.25, 0.3) is 27.8 Å². The zero-order chi connectivity index (χ0) is 25.1. The first-order valence-electron chi connectivity index (χ1n) is 11.8. The second-order valence-corrected chi connectivity index (χ2v) is 9.77. The summed E-state index contributed by atoms with van der Waals surface area (Å²) in [5, 5.41) is 4.92. The third-order valence-corrected chi connectivity index (χ3v) is 6.93. The lowest BCUT2D eigenvalue weighted by Crippen LogP contribution is -2.25. The van der Waals surface area contributed by atoms with Crippen molar-refractivity contribution in [2.24, 2.45) is 0 Å². The van der Waals surface area contributed by atoms with Crippen LogP contribution in [-0.4, -0.2) is 61.6 Å². The van der Waals surface area contributed by atoms with Crippen molar-refractivity contribution in [3.8, 4) is 5.69 Å². The SMILES string of the molecule is Cc1cccc2nc(CSc3ncnc4nc[nH]c34)n(-c3ccccc3NCCCN(C)C)c(=O)c12. The predicted molar refractivity (Wildman–Crippen MR) is 145 cm³/mol. The minimum atomic E-state index is -0.0781. The monoisotopic (exact) mass is 500 g/mol. The van der Waals surface area contributed by atoms with Crippen LogP contribution < -0.4 is 10.9 Å². The van der Waals surface area contributed by atoms with Gasteiger partial charge in [-0.1, -0.05) is 36.0 Å². The number of hydrogen-bond acceptors (Lipinski definition) is 8. The molecule has 0 spiro atoms. The van der Waals surface area contributed by atoms with Gasteiger partial charge in [0, 0.05) is 6.54 Å². The Morgan fingerprint density at radius 1 is 1.08 bits per heavy atom. The van der Waals surface area contributed by atoms with E-state index in [0.717, 1.165) is 47.0 Å². The topological polar surface area (TPSA) is 105 Å². The van der Waals surface area contributed by atoms with Gasteiger partial charge in [-0.15, -0.1) is 0 Å². The molecule has 10 heteroatoms. The number of thioether (sulfide) groups is 1. The summed E-state index contributed by atoms with van der Waals surface area (Å²) < 4.78 is 1.74. The molecule has 3 aromatic heterocycles. The summed E-state index contributed by atoms with van der Waals surface area (Å²) in [5.41, 5.74) is 4.59. The molecule has 0 saturated heterocycles. The van der Waals surface area contributed by atoms with E-state index in [2.05, 4.69) is 44.2 Å². The first-order chi connectivity index (χ1) is 17.5. The van der Waals surface area contributed by atoms with Crippen LogP contribution in [0.3, 0.4) is 0 Å². The number of H-pyrrole nitrogens is 1. The maximum atomic E-state index is 14.0. The Morgan fingerprint density at radius 3 is 2.81 bits per heavy atom. The molecule has 0 bridgehead atoms. The molecule has 5 aromatic rings. The third kappa shape index (κ3) is 4.82. The molecule has 3 heterocycles. The van der Waals surface area contributed by atoms with Gasteiger partial charge >= 0.3 is 0 Å². The molecule has 0 unspecified atom stereocenters. The minimum Gasteiger partial charge on any atom is -0.383 e. The van der Waals surface area contributed by atoms with E-state index in [-0.39, 0.29) is 5.56 Å². The molecule has 0 saturated carbocycles. The average molecular weight is 501 g/mol. The summed E-state index contributed by atoms with van der Waals surface area (Å²) in [5.74, 6) is 1.09. The summed E-state index contributed by atoms with van der Waals surface area (Å²) in [6.07, 6.45) is 4.10. The summed E-state index contributed by atoms with van der Waals surface area (Å²) >= 11 is 1.50. The number of hydrogen-bond donors (Lipinski definition) is 2. The Bertz CT molecular complexity index is 1580. The van der Waals surface area contributed by atoms with E-state index in [1.54, 1.807) is 10.9 Å². The van der Waals surface area contributed by atoms with Gasteiger partial charge in [-0.05, 0) is 57.7 Å². The molecule has 0 aliphatic carbocycles. The Morgan fingerprint density at radius 2 is 1.94 bits per heavy atom. The number of nitrogens with one attached hydrogen (secondary N) is 2. The van der Waals surface area contributed by atoms with Crippen LogP contribution in [0.15, 0.2) is 64.9 Å². The quantitative estimate of drug-likeness (QED) is 0.178. The largest absolute Gasteiger partial charge is 0.383 e. The highest BCUT2D eigenvalue weighted by Crippen LogP contribution is 2.28. The van der Waals surface area contributed by atoms with Gasteiger partial charge < -0.3 is 15.2 Å². The number of fused-ring (bicyclic) bond motifs is 2. The number of para-hydroxylation sites is 2. The summed E-state index contributed by atoms with van der Waals surface area (Å²) in [7, 11) is 4.13. The van der Waals surface area contributed by atoms with Crippen LogP contribution in [-0.2, 0) is 5.75 Å². The van der Waals surface area contributed by atoms with E-state index < -0.39 is 0 Å². The standard InChI is InChI=1S/C26H28N8OS/c1-17-8-6-10-19-22(17)26(35)34(20-11-5-4-9-18(20)27-12-7-13-33(2)3)21(32-19)14-36-25-23-24(29-15-28-23)30-16-31-25/h4-6,8-11,15-16,27H,7,12-14H2,1-3H3,(H,28,29,30,31). The second kappa shape index (κ2) is 10.5. The lowest BCUT2D eigenvalue weighted by molar-refractivity contribution is 0.405. The van der Waals surface area contributed by atoms with E-state index in [1.807, 2.05) is 49.4 Å². The number of imidazole rings is 1. The number of aryl methyl sites for hydroxylation is 1. The Balaban J connectivity index is 1.58. The van der Waals surface area contributed by atoms with E-state index in [0.29, 0.717) is 28.1 Å². The molecule has 2 N–H and O–H groups in total. The maximum Gasteiger partial charge on any atom is 0.266 e. The number of nitrogens with zero attached hydrogens (tertiary/aromatic N) is 6. The maximum absolute atomic E-state index is 14.0. The number of rotatable bonds is 9. The molecule has 0 radical (unpaired) electrons. The molecule has 36 heavy (non-hydrogen) atoms. The Kier molecular flexibility index (Phi) is 6.97. The highest BCUT2D eigenvalue weighted by molar-refractivity contribution is 7.98. The number of anilines is 1. The minimum absolute atomic E-state index is 0.0781. The van der Waals surface area contributed by atoms with Crippen molar-refractivity contribution in [1.29, 1.82) is 0 Å². The zero-order valence-electron chi connectivity index (χ0n) is 20.5. The van der Waals surface area contributed by atoms with Gasteiger partial charge in [-0.2, -0.15) is 0 Å². The summed E-state index contributed by atoms with van der Waals surface area (Å²) in [6, 6.07) is 13.7. The van der Waals surface area contributed by atoms with Crippen LogP contribution in [0.2, 0.25) is 0 Å². The molecular formula is C26H28N8OS. The van der Waals surface area contributed by atoms with E-state index in [4.69, 9.17) is 4.98 Å². The molecule has 184 valence electrons. The zero-order valence-corrected chi connectivity index (χ0v) is 21.3. The van der Waals surface area contributed by atoms with Crippen molar-refractivity contribution in [1.82, 2.24) is 34.4 Å². The van der Waals surface area contributed by atoms with Gasteiger partial charge in [0.2, 0.25) is 0 Å². The summed E-state index contributed by atoms with van der Waals surface area (Å²) in [4.78, 5) is 37.0. The number of aromatic nitrogens is 6. The lowest BCUT2D eigenvalue weighted by atomic mass is 10.1. The van der Waals surface area contributed by atoms with Crippen molar-refractivity contribution in [2.45, 2.75) is 24.1 Å². The van der Waals surface area contributed by atoms with Gasteiger partial charge in [0.25, 0.3) is 5.56 Å². The molecule has 5 rings (SSSR count). The van der Waals surface area contributed by atoms with Gasteiger partial charge in [-0.25, -0.2) is 19.9 Å². The highest BCUT2D eigenvalue weighted by Gasteiger charge is 2.18. The smallest absolute Gasteiger partial charge is 0.266 e. The molecule has 9 nitrogen and oxygen atoms in total. The van der Waals surface area contributed by atoms with Crippen LogP contribution >= 0.6 is 11.8 Å². The van der Waals surface area contributed by atoms with Crippen LogP contribution in [0.4, 0.5) is 5.69 Å². The predicted octanol–water partition coefficient (Wildman–Crippen LogP) is 4.02. The summed E-state index contributed by atoms with van der Waals surface area (Å²) in [6.45, 7) is 3.73. The molecular weight excluding hydrogens is 472 g/mol. The molecule has 0 atom stereocenters. The Labute approximate surface area is 213 Å². The van der Waals surface area contributed by atoms with E-state index >= 15 is 0 Å². The highest BCUT2D eigenvalue weighted by atomic mass is 32.2. The fourth-order valence-corrected chi connectivity index (χ4v) is 5.08. The molecule has 0 fully saturated rings.